The Hall–Kier alpha value is -0.520. The summed E-state index contributed by atoms with van der Waals surface area (Å²) in [4.78, 5) is 0. The Bertz CT molecular complexity index is 224. The Balaban J connectivity index is 4.59. The molecule has 0 aliphatic rings. The zero-order valence-electron chi connectivity index (χ0n) is 12.1. The average Bonchev–Trinajstić information content (AvgIpc) is 2.26. The van der Waals surface area contributed by atoms with Crippen molar-refractivity contribution in [3.63, 3.8) is 0 Å². The van der Waals surface area contributed by atoms with E-state index >= 15 is 0 Å². The monoisotopic (exact) mass is 222 g/mol. The van der Waals surface area contributed by atoms with Crippen molar-refractivity contribution < 1.29 is 0 Å². The number of hydrogen-bond acceptors (Lipinski definition) is 0. The first-order chi connectivity index (χ1) is 7.27. The Morgan fingerprint density at radius 3 is 1.88 bits per heavy atom. The second-order valence-electron chi connectivity index (χ2n) is 6.03. The molecule has 0 aliphatic carbocycles. The zero-order valence-corrected chi connectivity index (χ0v) is 12.1. The van der Waals surface area contributed by atoms with Crippen LogP contribution in [0.1, 0.15) is 48.0 Å². The lowest BCUT2D eigenvalue weighted by atomic mass is 9.67. The van der Waals surface area contributed by atoms with Crippen molar-refractivity contribution in [3.05, 3.63) is 25.3 Å². The van der Waals surface area contributed by atoms with Gasteiger partial charge in [0.25, 0.3) is 0 Å². The van der Waals surface area contributed by atoms with Crippen molar-refractivity contribution in [2.45, 2.75) is 48.0 Å². The van der Waals surface area contributed by atoms with Crippen LogP contribution in [-0.4, -0.2) is 0 Å². The molecular formula is C16H30. The quantitative estimate of drug-likeness (QED) is 0.511. The van der Waals surface area contributed by atoms with Crippen LogP contribution in [0.2, 0.25) is 0 Å². The molecule has 0 radical (unpaired) electrons. The van der Waals surface area contributed by atoms with E-state index in [4.69, 9.17) is 0 Å². The fraction of sp³-hybridized carbons (Fsp3) is 0.750. The molecule has 0 heteroatoms. The highest BCUT2D eigenvalue weighted by atomic mass is 14.4. The summed E-state index contributed by atoms with van der Waals surface area (Å²) in [6.45, 7) is 21.8. The van der Waals surface area contributed by atoms with Crippen LogP contribution < -0.4 is 0 Å². The van der Waals surface area contributed by atoms with Gasteiger partial charge in [0.05, 0.1) is 0 Å². The first kappa shape index (κ1) is 15.5. The van der Waals surface area contributed by atoms with E-state index in [1.54, 1.807) is 0 Å². The molecule has 0 rings (SSSR count). The minimum Gasteiger partial charge on any atom is -0.103 e. The molecule has 0 amide bonds. The lowest BCUT2D eigenvalue weighted by molar-refractivity contribution is 0.139. The second-order valence-corrected chi connectivity index (χ2v) is 6.03. The fourth-order valence-corrected chi connectivity index (χ4v) is 2.31. The zero-order chi connectivity index (χ0) is 12.9. The molecule has 0 saturated carbocycles. The third kappa shape index (κ3) is 3.81. The summed E-state index contributed by atoms with van der Waals surface area (Å²) in [5.41, 5.74) is 0.224. The van der Waals surface area contributed by atoms with Gasteiger partial charge in [-0.1, -0.05) is 53.7 Å². The molecule has 0 heterocycles. The van der Waals surface area contributed by atoms with E-state index < -0.39 is 0 Å². The molecule has 2 unspecified atom stereocenters. The molecule has 0 fully saturated rings. The summed E-state index contributed by atoms with van der Waals surface area (Å²) in [5.74, 6) is 2.82. The van der Waals surface area contributed by atoms with Crippen LogP contribution in [0, 0.1) is 29.1 Å². The van der Waals surface area contributed by atoms with E-state index in [9.17, 15) is 0 Å². The average molecular weight is 222 g/mol. The molecule has 0 aromatic rings. The Morgan fingerprint density at radius 1 is 1.00 bits per heavy atom. The van der Waals surface area contributed by atoms with E-state index in [0.29, 0.717) is 11.8 Å². The van der Waals surface area contributed by atoms with E-state index in [2.05, 4.69) is 60.8 Å². The smallest absolute Gasteiger partial charge is 0.0149 e. The largest absolute Gasteiger partial charge is 0.103 e. The second kappa shape index (κ2) is 6.27. The van der Waals surface area contributed by atoms with E-state index in [-0.39, 0.29) is 5.41 Å². The van der Waals surface area contributed by atoms with Gasteiger partial charge in [0.15, 0.2) is 0 Å². The van der Waals surface area contributed by atoms with Crippen LogP contribution in [-0.2, 0) is 0 Å². The first-order valence-electron chi connectivity index (χ1n) is 6.52. The Morgan fingerprint density at radius 2 is 1.50 bits per heavy atom. The molecular weight excluding hydrogens is 192 g/mol. The molecule has 0 aromatic carbocycles. The van der Waals surface area contributed by atoms with Crippen molar-refractivity contribution in [1.82, 2.24) is 0 Å². The maximum absolute atomic E-state index is 3.96. The van der Waals surface area contributed by atoms with Gasteiger partial charge in [-0.15, -0.1) is 13.2 Å². The van der Waals surface area contributed by atoms with Gasteiger partial charge in [-0.2, -0.15) is 0 Å². The van der Waals surface area contributed by atoms with Gasteiger partial charge in [0, 0.05) is 0 Å². The Kier molecular flexibility index (Phi) is 6.07. The molecule has 0 N–H and O–H groups in total. The molecule has 0 aliphatic heterocycles. The SMILES string of the molecule is C=CC[C@H](C)C(C)C(C)[C@@H](C)C(C)(C)C=C. The molecule has 4 atom stereocenters. The Labute approximate surface area is 103 Å². The van der Waals surface area contributed by atoms with E-state index in [1.165, 1.54) is 0 Å². The highest BCUT2D eigenvalue weighted by Gasteiger charge is 2.31. The molecule has 0 spiro atoms. The first-order valence-corrected chi connectivity index (χ1v) is 6.52. The van der Waals surface area contributed by atoms with Crippen LogP contribution >= 0.6 is 0 Å². The number of rotatable bonds is 7. The maximum atomic E-state index is 3.96. The molecule has 16 heavy (non-hydrogen) atoms. The highest BCUT2D eigenvalue weighted by Crippen LogP contribution is 2.39. The normalized spacial score (nSPS) is 19.6. The molecule has 0 aromatic heterocycles. The van der Waals surface area contributed by atoms with Gasteiger partial charge in [0.2, 0.25) is 0 Å². The molecule has 94 valence electrons. The van der Waals surface area contributed by atoms with Crippen LogP contribution in [0.4, 0.5) is 0 Å². The van der Waals surface area contributed by atoms with Crippen molar-refractivity contribution in [1.29, 1.82) is 0 Å². The third-order valence-corrected chi connectivity index (χ3v) is 4.75. The molecule has 0 saturated heterocycles. The predicted molar refractivity (Wildman–Crippen MR) is 75.4 cm³/mol. The van der Waals surface area contributed by atoms with Gasteiger partial charge in [-0.3, -0.25) is 0 Å². The topological polar surface area (TPSA) is 0 Å². The number of hydrogen-bond donors (Lipinski definition) is 0. The minimum atomic E-state index is 0.224. The fourth-order valence-electron chi connectivity index (χ4n) is 2.31. The van der Waals surface area contributed by atoms with Crippen LogP contribution in [0.15, 0.2) is 25.3 Å². The van der Waals surface area contributed by atoms with Gasteiger partial charge in [-0.05, 0) is 35.5 Å². The lowest BCUT2D eigenvalue weighted by Gasteiger charge is -2.38. The van der Waals surface area contributed by atoms with E-state index in [1.807, 2.05) is 6.08 Å². The standard InChI is InChI=1S/C16H30/c1-9-11-12(3)13(4)14(5)15(6)16(7,8)10-2/h9-10,12-15H,1-2,11H2,3-8H3/t12-,13?,14?,15+/m0/s1. The van der Waals surface area contributed by atoms with Gasteiger partial charge < -0.3 is 0 Å². The van der Waals surface area contributed by atoms with Gasteiger partial charge >= 0.3 is 0 Å². The van der Waals surface area contributed by atoms with Crippen LogP contribution in [0.5, 0.6) is 0 Å². The van der Waals surface area contributed by atoms with Crippen molar-refractivity contribution in [3.8, 4) is 0 Å². The lowest BCUT2D eigenvalue weighted by Crippen LogP contribution is -2.31. The maximum Gasteiger partial charge on any atom is -0.0149 e. The minimum absolute atomic E-state index is 0.224. The van der Waals surface area contributed by atoms with Crippen molar-refractivity contribution >= 4 is 0 Å². The van der Waals surface area contributed by atoms with Gasteiger partial charge in [0.1, 0.15) is 0 Å². The van der Waals surface area contributed by atoms with Crippen LogP contribution in [0.25, 0.3) is 0 Å². The summed E-state index contributed by atoms with van der Waals surface area (Å²) in [6, 6.07) is 0. The predicted octanol–water partition coefficient (Wildman–Crippen LogP) is 5.32. The third-order valence-electron chi connectivity index (χ3n) is 4.75. The number of allylic oxidation sites excluding steroid dienone is 2. The van der Waals surface area contributed by atoms with Crippen molar-refractivity contribution in [2.75, 3.05) is 0 Å². The summed E-state index contributed by atoms with van der Waals surface area (Å²) < 4.78 is 0. The molecule has 0 bridgehead atoms. The summed E-state index contributed by atoms with van der Waals surface area (Å²) in [5, 5.41) is 0. The summed E-state index contributed by atoms with van der Waals surface area (Å²) >= 11 is 0. The highest BCUT2D eigenvalue weighted by molar-refractivity contribution is 4.94. The van der Waals surface area contributed by atoms with Crippen LogP contribution in [0.3, 0.4) is 0 Å². The van der Waals surface area contributed by atoms with Gasteiger partial charge in [-0.25, -0.2) is 0 Å². The molecule has 0 nitrogen and oxygen atoms in total. The van der Waals surface area contributed by atoms with Crippen molar-refractivity contribution in [2.24, 2.45) is 29.1 Å². The summed E-state index contributed by atoms with van der Waals surface area (Å²) in [7, 11) is 0. The summed E-state index contributed by atoms with van der Waals surface area (Å²) in [6.07, 6.45) is 5.25. The van der Waals surface area contributed by atoms with E-state index in [0.717, 1.165) is 18.3 Å².